The van der Waals surface area contributed by atoms with Gasteiger partial charge in [0.25, 0.3) is 5.91 Å². The number of esters is 1. The van der Waals surface area contributed by atoms with Crippen molar-refractivity contribution in [3.8, 4) is 17.2 Å². The van der Waals surface area contributed by atoms with Crippen LogP contribution in [0.15, 0.2) is 47.6 Å². The summed E-state index contributed by atoms with van der Waals surface area (Å²) in [4.78, 5) is 36.4. The Morgan fingerprint density at radius 2 is 1.46 bits per heavy atom. The lowest BCUT2D eigenvalue weighted by molar-refractivity contribution is -0.126. The van der Waals surface area contributed by atoms with Gasteiger partial charge < -0.3 is 19.5 Å². The van der Waals surface area contributed by atoms with E-state index in [0.29, 0.717) is 29.0 Å². The summed E-state index contributed by atoms with van der Waals surface area (Å²) in [5.41, 5.74) is 3.37. The molecule has 0 aliphatic heterocycles. The fourth-order valence-electron chi connectivity index (χ4n) is 3.82. The largest absolute Gasteiger partial charge is 0.497 e. The second-order valence-corrected chi connectivity index (χ2v) is 9.18. The van der Waals surface area contributed by atoms with Crippen LogP contribution in [0.3, 0.4) is 0 Å². The number of unbranched alkanes of at least 4 members (excludes halogenated alkanes) is 8. The van der Waals surface area contributed by atoms with Gasteiger partial charge in [-0.1, -0.05) is 58.3 Å². The smallest absolute Gasteiger partial charge is 0.343 e. The summed E-state index contributed by atoms with van der Waals surface area (Å²) in [5.74, 6) is 0.108. The molecule has 0 aliphatic carbocycles. The summed E-state index contributed by atoms with van der Waals surface area (Å²) in [6, 6.07) is 11.4. The van der Waals surface area contributed by atoms with Crippen molar-refractivity contribution in [2.24, 2.45) is 5.10 Å². The SMILES string of the molecule is CCCCCCCCCCCC(=O)NCC(=O)N/N=C/c1ccc(OC(=O)c2ccc(OC)cc2)c(OC)c1. The molecule has 2 aromatic carbocycles. The van der Waals surface area contributed by atoms with Crippen LogP contribution in [-0.4, -0.2) is 44.8 Å². The summed E-state index contributed by atoms with van der Waals surface area (Å²) in [6.45, 7) is 2.07. The van der Waals surface area contributed by atoms with E-state index >= 15 is 0 Å². The number of methoxy groups -OCH3 is 2. The highest BCUT2D eigenvalue weighted by atomic mass is 16.6. The number of benzene rings is 2. The van der Waals surface area contributed by atoms with E-state index in [4.69, 9.17) is 14.2 Å². The summed E-state index contributed by atoms with van der Waals surface area (Å²) in [7, 11) is 3.01. The third kappa shape index (κ3) is 12.5. The number of carbonyl (C=O) groups is 3. The molecule has 2 rings (SSSR count). The molecule has 0 saturated heterocycles. The Morgan fingerprint density at radius 1 is 0.795 bits per heavy atom. The molecule has 0 fully saturated rings. The number of nitrogens with one attached hydrogen (secondary N) is 2. The van der Waals surface area contributed by atoms with E-state index in [1.54, 1.807) is 49.6 Å². The number of hydrogen-bond donors (Lipinski definition) is 2. The van der Waals surface area contributed by atoms with Gasteiger partial charge in [0.2, 0.25) is 5.91 Å². The van der Waals surface area contributed by atoms with Gasteiger partial charge in [-0.2, -0.15) is 5.10 Å². The van der Waals surface area contributed by atoms with Crippen LogP contribution in [0.25, 0.3) is 0 Å². The molecule has 0 heterocycles. The maximum atomic E-state index is 12.4. The number of ether oxygens (including phenoxy) is 3. The van der Waals surface area contributed by atoms with Crippen molar-refractivity contribution in [1.29, 1.82) is 0 Å². The highest BCUT2D eigenvalue weighted by Crippen LogP contribution is 2.28. The first-order valence-electron chi connectivity index (χ1n) is 13.6. The van der Waals surface area contributed by atoms with Gasteiger partial charge in [-0.15, -0.1) is 0 Å². The van der Waals surface area contributed by atoms with Gasteiger partial charge in [-0.05, 0) is 54.4 Å². The fraction of sp³-hybridized carbons (Fsp3) is 0.467. The number of carbonyl (C=O) groups excluding carboxylic acids is 3. The summed E-state index contributed by atoms with van der Waals surface area (Å²) in [5, 5.41) is 6.54. The van der Waals surface area contributed by atoms with Crippen molar-refractivity contribution >= 4 is 24.0 Å². The standard InChI is InChI=1S/C30H41N3O6/c1-4-5-6-7-8-9-10-11-12-13-28(34)31-22-29(35)33-32-21-23-14-19-26(27(20-23)38-3)39-30(36)24-15-17-25(37-2)18-16-24/h14-21H,4-13,22H2,1-3H3,(H,31,34)(H,33,35)/b32-21+. The third-order valence-electron chi connectivity index (χ3n) is 6.07. The van der Waals surface area contributed by atoms with Gasteiger partial charge in [0.05, 0.1) is 32.5 Å². The molecule has 0 radical (unpaired) electrons. The van der Waals surface area contributed by atoms with Crippen molar-refractivity contribution in [2.75, 3.05) is 20.8 Å². The predicted octanol–water partition coefficient (Wildman–Crippen LogP) is 5.41. The second kappa shape index (κ2) is 18.4. The van der Waals surface area contributed by atoms with E-state index < -0.39 is 11.9 Å². The number of nitrogens with zero attached hydrogens (tertiary/aromatic N) is 1. The minimum absolute atomic E-state index is 0.137. The van der Waals surface area contributed by atoms with E-state index in [0.717, 1.165) is 19.3 Å². The molecule has 2 aromatic rings. The van der Waals surface area contributed by atoms with Crippen LogP contribution in [0, 0.1) is 0 Å². The normalized spacial score (nSPS) is 10.7. The third-order valence-corrected chi connectivity index (χ3v) is 6.07. The molecule has 0 saturated carbocycles. The Labute approximate surface area is 231 Å². The Hall–Kier alpha value is -3.88. The maximum Gasteiger partial charge on any atom is 0.343 e. The van der Waals surface area contributed by atoms with Gasteiger partial charge in [0.15, 0.2) is 11.5 Å². The molecule has 0 unspecified atom stereocenters. The van der Waals surface area contributed by atoms with E-state index in [1.807, 2.05) is 0 Å². The lowest BCUT2D eigenvalue weighted by Crippen LogP contribution is -2.34. The molecular weight excluding hydrogens is 498 g/mol. The minimum Gasteiger partial charge on any atom is -0.497 e. The molecule has 9 heteroatoms. The van der Waals surface area contributed by atoms with Crippen LogP contribution in [0.2, 0.25) is 0 Å². The zero-order valence-corrected chi connectivity index (χ0v) is 23.3. The highest BCUT2D eigenvalue weighted by Gasteiger charge is 2.13. The summed E-state index contributed by atoms with van der Waals surface area (Å²) < 4.78 is 15.9. The molecular formula is C30H41N3O6. The van der Waals surface area contributed by atoms with Crippen LogP contribution in [0.1, 0.15) is 87.1 Å². The molecule has 0 aliphatic rings. The quantitative estimate of drug-likeness (QED) is 0.0861. The number of rotatable bonds is 18. The Balaban J connectivity index is 1.69. The van der Waals surface area contributed by atoms with E-state index in [-0.39, 0.29) is 18.2 Å². The average molecular weight is 540 g/mol. The topological polar surface area (TPSA) is 115 Å². The lowest BCUT2D eigenvalue weighted by atomic mass is 10.1. The van der Waals surface area contributed by atoms with Gasteiger partial charge in [0.1, 0.15) is 5.75 Å². The number of hydrogen-bond acceptors (Lipinski definition) is 7. The van der Waals surface area contributed by atoms with E-state index in [2.05, 4.69) is 22.8 Å². The van der Waals surface area contributed by atoms with Crippen molar-refractivity contribution < 1.29 is 28.6 Å². The van der Waals surface area contributed by atoms with E-state index in [9.17, 15) is 14.4 Å². The molecule has 9 nitrogen and oxygen atoms in total. The van der Waals surface area contributed by atoms with Crippen LogP contribution >= 0.6 is 0 Å². The van der Waals surface area contributed by atoms with Crippen molar-refractivity contribution in [3.63, 3.8) is 0 Å². The van der Waals surface area contributed by atoms with Crippen LogP contribution < -0.4 is 25.0 Å². The maximum absolute atomic E-state index is 12.4. The first-order valence-corrected chi connectivity index (χ1v) is 13.6. The summed E-state index contributed by atoms with van der Waals surface area (Å²) >= 11 is 0. The van der Waals surface area contributed by atoms with Gasteiger partial charge in [-0.25, -0.2) is 10.2 Å². The minimum atomic E-state index is -0.538. The average Bonchev–Trinajstić information content (AvgIpc) is 2.95. The van der Waals surface area contributed by atoms with Crippen molar-refractivity contribution in [3.05, 3.63) is 53.6 Å². The first kappa shape index (κ1) is 31.3. The zero-order chi connectivity index (χ0) is 28.3. The highest BCUT2D eigenvalue weighted by molar-refractivity contribution is 5.92. The molecule has 212 valence electrons. The van der Waals surface area contributed by atoms with Crippen LogP contribution in [-0.2, 0) is 9.59 Å². The molecule has 2 amide bonds. The van der Waals surface area contributed by atoms with Gasteiger partial charge in [-0.3, -0.25) is 9.59 Å². The summed E-state index contributed by atoms with van der Waals surface area (Å²) in [6.07, 6.45) is 12.5. The molecule has 0 aromatic heterocycles. The number of hydrazone groups is 1. The number of amides is 2. The molecule has 0 atom stereocenters. The second-order valence-electron chi connectivity index (χ2n) is 9.18. The lowest BCUT2D eigenvalue weighted by Gasteiger charge is -2.10. The van der Waals surface area contributed by atoms with Gasteiger partial charge in [0, 0.05) is 6.42 Å². The predicted molar refractivity (Wildman–Crippen MR) is 152 cm³/mol. The Kier molecular flexibility index (Phi) is 14.8. The van der Waals surface area contributed by atoms with Crippen LogP contribution in [0.4, 0.5) is 0 Å². The van der Waals surface area contributed by atoms with Crippen molar-refractivity contribution in [1.82, 2.24) is 10.7 Å². The Bertz CT molecular complexity index is 1070. The van der Waals surface area contributed by atoms with Crippen molar-refractivity contribution in [2.45, 2.75) is 71.1 Å². The molecule has 2 N–H and O–H groups in total. The monoisotopic (exact) mass is 539 g/mol. The molecule has 39 heavy (non-hydrogen) atoms. The first-order chi connectivity index (χ1) is 19.0. The van der Waals surface area contributed by atoms with Crippen LogP contribution in [0.5, 0.6) is 17.2 Å². The molecule has 0 spiro atoms. The molecule has 0 bridgehead atoms. The van der Waals surface area contributed by atoms with Gasteiger partial charge >= 0.3 is 5.97 Å². The zero-order valence-electron chi connectivity index (χ0n) is 23.3. The van der Waals surface area contributed by atoms with E-state index in [1.165, 1.54) is 51.8 Å². The Morgan fingerprint density at radius 3 is 2.10 bits per heavy atom. The fourth-order valence-corrected chi connectivity index (χ4v) is 3.82.